The molecule has 0 fully saturated rings. The van der Waals surface area contributed by atoms with Gasteiger partial charge in [-0.05, 0) is 19.8 Å². The fourth-order valence-corrected chi connectivity index (χ4v) is 1.60. The number of imidazole rings is 1. The molecule has 0 N–H and O–H groups in total. The van der Waals surface area contributed by atoms with Gasteiger partial charge in [0.25, 0.3) is 5.56 Å². The summed E-state index contributed by atoms with van der Waals surface area (Å²) in [5, 5.41) is 4.05. The lowest BCUT2D eigenvalue weighted by atomic mass is 10.4. The van der Waals surface area contributed by atoms with Crippen LogP contribution in [0, 0.1) is 19.3 Å². The van der Waals surface area contributed by atoms with E-state index in [0.29, 0.717) is 17.9 Å². The molecule has 0 aromatic carbocycles. The van der Waals surface area contributed by atoms with Gasteiger partial charge in [0.1, 0.15) is 11.5 Å². The molecule has 0 bridgehead atoms. The van der Waals surface area contributed by atoms with Gasteiger partial charge >= 0.3 is 0 Å². The third-order valence-electron chi connectivity index (χ3n) is 2.46. The van der Waals surface area contributed by atoms with E-state index in [1.54, 1.807) is 17.0 Å². The van der Waals surface area contributed by atoms with Gasteiger partial charge in [0.05, 0.1) is 11.9 Å². The van der Waals surface area contributed by atoms with Crippen molar-refractivity contribution in [3.8, 4) is 18.0 Å². The zero-order valence-electron chi connectivity index (χ0n) is 9.71. The highest BCUT2D eigenvalue weighted by Gasteiger charge is 2.06. The molecule has 5 nitrogen and oxygen atoms in total. The number of hydrogen-bond donors (Lipinski definition) is 0. The van der Waals surface area contributed by atoms with Crippen LogP contribution in [-0.4, -0.2) is 19.3 Å². The lowest BCUT2D eigenvalue weighted by Crippen LogP contribution is -2.21. The van der Waals surface area contributed by atoms with Gasteiger partial charge in [0.15, 0.2) is 0 Å². The Hall–Kier alpha value is -2.35. The summed E-state index contributed by atoms with van der Waals surface area (Å²) in [6, 6.07) is 1.52. The van der Waals surface area contributed by atoms with Gasteiger partial charge in [0, 0.05) is 18.8 Å². The maximum atomic E-state index is 11.7. The minimum Gasteiger partial charge on any atom is -0.301 e. The Morgan fingerprint density at radius 3 is 2.82 bits per heavy atom. The van der Waals surface area contributed by atoms with Crippen LogP contribution in [0.2, 0.25) is 0 Å². The molecule has 0 saturated heterocycles. The lowest BCUT2D eigenvalue weighted by Gasteiger charge is -2.05. The van der Waals surface area contributed by atoms with Gasteiger partial charge < -0.3 is 4.57 Å². The van der Waals surface area contributed by atoms with E-state index < -0.39 is 0 Å². The van der Waals surface area contributed by atoms with Crippen molar-refractivity contribution in [1.29, 1.82) is 0 Å². The van der Waals surface area contributed by atoms with E-state index in [9.17, 15) is 4.79 Å². The summed E-state index contributed by atoms with van der Waals surface area (Å²) in [5.74, 6) is 3.19. The number of hydrogen-bond acceptors (Lipinski definition) is 3. The summed E-state index contributed by atoms with van der Waals surface area (Å²) in [5.41, 5.74) is 1.08. The molecule has 0 amide bonds. The van der Waals surface area contributed by atoms with Crippen molar-refractivity contribution < 1.29 is 0 Å². The van der Waals surface area contributed by atoms with E-state index in [1.807, 2.05) is 13.8 Å². The van der Waals surface area contributed by atoms with Crippen molar-refractivity contribution in [3.63, 3.8) is 0 Å². The maximum Gasteiger partial charge on any atom is 0.268 e. The van der Waals surface area contributed by atoms with Gasteiger partial charge in [0.2, 0.25) is 0 Å². The molecule has 2 rings (SSSR count). The molecule has 0 saturated carbocycles. The Kier molecular flexibility index (Phi) is 2.79. The zero-order valence-corrected chi connectivity index (χ0v) is 9.71. The highest BCUT2D eigenvalue weighted by Crippen LogP contribution is 2.08. The first kappa shape index (κ1) is 11.1. The molecule has 17 heavy (non-hydrogen) atoms. The average Bonchev–Trinajstić information content (AvgIpc) is 2.70. The van der Waals surface area contributed by atoms with Crippen molar-refractivity contribution >= 4 is 0 Å². The molecule has 0 aliphatic heterocycles. The van der Waals surface area contributed by atoms with E-state index >= 15 is 0 Å². The first-order chi connectivity index (χ1) is 8.15. The van der Waals surface area contributed by atoms with Gasteiger partial charge in [-0.3, -0.25) is 4.79 Å². The Labute approximate surface area is 98.7 Å². The molecule has 0 spiro atoms. The Bertz CT molecular complexity index is 645. The van der Waals surface area contributed by atoms with Crippen molar-refractivity contribution in [2.45, 2.75) is 20.4 Å². The van der Waals surface area contributed by atoms with Gasteiger partial charge in [-0.25, -0.2) is 9.67 Å². The summed E-state index contributed by atoms with van der Waals surface area (Å²) < 4.78 is 3.14. The van der Waals surface area contributed by atoms with Crippen LogP contribution >= 0.6 is 0 Å². The van der Waals surface area contributed by atoms with Crippen LogP contribution in [0.25, 0.3) is 5.69 Å². The second-order valence-corrected chi connectivity index (χ2v) is 3.56. The monoisotopic (exact) mass is 228 g/mol. The summed E-state index contributed by atoms with van der Waals surface area (Å²) in [6.07, 6.45) is 8.61. The van der Waals surface area contributed by atoms with Crippen molar-refractivity contribution in [3.05, 3.63) is 40.3 Å². The highest BCUT2D eigenvalue weighted by molar-refractivity contribution is 5.33. The third kappa shape index (κ3) is 1.97. The first-order valence-electron chi connectivity index (χ1n) is 5.26. The molecular formula is C12H12N4O. The van der Waals surface area contributed by atoms with E-state index in [-0.39, 0.29) is 5.56 Å². The average molecular weight is 228 g/mol. The van der Waals surface area contributed by atoms with E-state index in [4.69, 9.17) is 6.42 Å². The smallest absolute Gasteiger partial charge is 0.268 e. The van der Waals surface area contributed by atoms with Gasteiger partial charge in [-0.15, -0.1) is 6.42 Å². The predicted octanol–water partition coefficient (Wildman–Crippen LogP) is 0.739. The van der Waals surface area contributed by atoms with Crippen LogP contribution in [0.4, 0.5) is 0 Å². The minimum atomic E-state index is -0.139. The maximum absolute atomic E-state index is 11.7. The Morgan fingerprint density at radius 2 is 2.29 bits per heavy atom. The fraction of sp³-hybridized carbons (Fsp3) is 0.250. The molecule has 0 aliphatic rings. The topological polar surface area (TPSA) is 52.7 Å². The van der Waals surface area contributed by atoms with Crippen LogP contribution < -0.4 is 5.56 Å². The number of terminal acetylenes is 1. The molecule has 2 aromatic rings. The molecule has 0 radical (unpaired) electrons. The molecule has 86 valence electrons. The first-order valence-corrected chi connectivity index (χ1v) is 5.26. The molecule has 2 aromatic heterocycles. The molecular weight excluding hydrogens is 216 g/mol. The second-order valence-electron chi connectivity index (χ2n) is 3.56. The SMILES string of the molecule is C#Cc1cn(-c2cnn(CC)c(=O)c2)c(C)n1. The number of aromatic nitrogens is 4. The van der Waals surface area contributed by atoms with Crippen LogP contribution in [0.1, 0.15) is 18.4 Å². The fourth-order valence-electron chi connectivity index (χ4n) is 1.60. The molecule has 0 aliphatic carbocycles. The summed E-state index contributed by atoms with van der Waals surface area (Å²) in [4.78, 5) is 15.8. The summed E-state index contributed by atoms with van der Waals surface area (Å²) >= 11 is 0. The minimum absolute atomic E-state index is 0.139. The molecule has 5 heteroatoms. The predicted molar refractivity (Wildman–Crippen MR) is 64.0 cm³/mol. The van der Waals surface area contributed by atoms with Crippen LogP contribution in [0.5, 0.6) is 0 Å². The third-order valence-corrected chi connectivity index (χ3v) is 2.46. The Morgan fingerprint density at radius 1 is 1.53 bits per heavy atom. The molecule has 2 heterocycles. The van der Waals surface area contributed by atoms with Gasteiger partial charge in [-0.2, -0.15) is 5.10 Å². The van der Waals surface area contributed by atoms with Crippen molar-refractivity contribution in [2.24, 2.45) is 0 Å². The number of nitrogens with zero attached hydrogens (tertiary/aromatic N) is 4. The normalized spacial score (nSPS) is 10.2. The molecule has 0 unspecified atom stereocenters. The summed E-state index contributed by atoms with van der Waals surface area (Å²) in [6.45, 7) is 4.25. The lowest BCUT2D eigenvalue weighted by molar-refractivity contribution is 0.612. The van der Waals surface area contributed by atoms with Crippen molar-refractivity contribution in [1.82, 2.24) is 19.3 Å². The number of rotatable bonds is 2. The van der Waals surface area contributed by atoms with Crippen LogP contribution in [0.15, 0.2) is 23.3 Å². The highest BCUT2D eigenvalue weighted by atomic mass is 16.1. The zero-order chi connectivity index (χ0) is 12.4. The van der Waals surface area contributed by atoms with Crippen LogP contribution in [-0.2, 0) is 6.54 Å². The molecule has 0 atom stereocenters. The van der Waals surface area contributed by atoms with E-state index in [0.717, 1.165) is 5.82 Å². The van der Waals surface area contributed by atoms with E-state index in [1.165, 1.54) is 10.7 Å². The second kappa shape index (κ2) is 4.26. The quantitative estimate of drug-likeness (QED) is 0.712. The Balaban J connectivity index is 2.54. The largest absolute Gasteiger partial charge is 0.301 e. The van der Waals surface area contributed by atoms with Gasteiger partial charge in [-0.1, -0.05) is 0 Å². The van der Waals surface area contributed by atoms with Crippen LogP contribution in [0.3, 0.4) is 0 Å². The standard InChI is InChI=1S/C12H12N4O/c1-4-10-8-15(9(3)14-10)11-6-12(17)16(5-2)13-7-11/h1,6-8H,5H2,2-3H3. The number of aryl methyl sites for hydroxylation is 2. The van der Waals surface area contributed by atoms with Crippen molar-refractivity contribution in [2.75, 3.05) is 0 Å². The summed E-state index contributed by atoms with van der Waals surface area (Å²) in [7, 11) is 0. The van der Waals surface area contributed by atoms with E-state index in [2.05, 4.69) is 16.0 Å².